The summed E-state index contributed by atoms with van der Waals surface area (Å²) in [6, 6.07) is 19.1. The lowest BCUT2D eigenvalue weighted by Crippen LogP contribution is -2.31. The summed E-state index contributed by atoms with van der Waals surface area (Å²) in [5.41, 5.74) is 5.84. The normalized spacial score (nSPS) is 14.7. The SMILES string of the molecule is C=C(C)c1c(N2CCCCC2)nc2ccccc2c1-c1ccccc1. The summed E-state index contributed by atoms with van der Waals surface area (Å²) in [7, 11) is 0. The van der Waals surface area contributed by atoms with E-state index in [-0.39, 0.29) is 0 Å². The highest BCUT2D eigenvalue weighted by Crippen LogP contribution is 2.40. The summed E-state index contributed by atoms with van der Waals surface area (Å²) in [6.45, 7) is 8.58. The first-order valence-electron chi connectivity index (χ1n) is 9.14. The van der Waals surface area contributed by atoms with E-state index in [4.69, 9.17) is 4.98 Å². The molecule has 4 rings (SSSR count). The van der Waals surface area contributed by atoms with Crippen molar-refractivity contribution in [3.8, 4) is 11.1 Å². The van der Waals surface area contributed by atoms with Crippen LogP contribution in [0.15, 0.2) is 61.2 Å². The van der Waals surface area contributed by atoms with Gasteiger partial charge in [0.15, 0.2) is 0 Å². The third-order valence-corrected chi connectivity index (χ3v) is 5.02. The first-order valence-corrected chi connectivity index (χ1v) is 9.14. The standard InChI is InChI=1S/C23H24N2/c1-17(2)21-22(18-11-5-3-6-12-18)19-13-7-8-14-20(19)24-23(21)25-15-9-4-10-16-25/h3,5-8,11-14H,1,4,9-10,15-16H2,2H3. The average Bonchev–Trinajstić information content (AvgIpc) is 2.67. The van der Waals surface area contributed by atoms with Gasteiger partial charge in [-0.2, -0.15) is 0 Å². The van der Waals surface area contributed by atoms with Crippen molar-refractivity contribution in [2.45, 2.75) is 26.2 Å². The van der Waals surface area contributed by atoms with Crippen molar-refractivity contribution >= 4 is 22.3 Å². The number of para-hydroxylation sites is 1. The Hall–Kier alpha value is -2.61. The molecule has 0 N–H and O–H groups in total. The van der Waals surface area contributed by atoms with Crippen molar-refractivity contribution in [3.63, 3.8) is 0 Å². The van der Waals surface area contributed by atoms with Gasteiger partial charge in [0, 0.05) is 29.6 Å². The highest BCUT2D eigenvalue weighted by atomic mass is 15.2. The maximum atomic E-state index is 5.07. The Morgan fingerprint density at radius 1 is 0.920 bits per heavy atom. The number of allylic oxidation sites excluding steroid dienone is 1. The Bertz CT molecular complexity index is 906. The van der Waals surface area contributed by atoms with Crippen LogP contribution in [0, 0.1) is 0 Å². The van der Waals surface area contributed by atoms with E-state index in [2.05, 4.69) is 73.0 Å². The molecule has 1 aromatic heterocycles. The van der Waals surface area contributed by atoms with Crippen LogP contribution in [0.25, 0.3) is 27.6 Å². The molecule has 1 aliphatic rings. The van der Waals surface area contributed by atoms with Crippen molar-refractivity contribution in [2.75, 3.05) is 18.0 Å². The number of anilines is 1. The van der Waals surface area contributed by atoms with Crippen LogP contribution in [-0.4, -0.2) is 18.1 Å². The first-order chi connectivity index (χ1) is 12.3. The molecule has 1 aliphatic heterocycles. The van der Waals surface area contributed by atoms with Crippen LogP contribution >= 0.6 is 0 Å². The van der Waals surface area contributed by atoms with Gasteiger partial charge in [-0.1, -0.05) is 55.1 Å². The molecule has 0 spiro atoms. The van der Waals surface area contributed by atoms with Crippen LogP contribution in [0.1, 0.15) is 31.7 Å². The number of rotatable bonds is 3. The van der Waals surface area contributed by atoms with Crippen LogP contribution < -0.4 is 4.90 Å². The predicted molar refractivity (Wildman–Crippen MR) is 108 cm³/mol. The maximum absolute atomic E-state index is 5.07. The molecule has 25 heavy (non-hydrogen) atoms. The van der Waals surface area contributed by atoms with Crippen LogP contribution in [0.4, 0.5) is 5.82 Å². The van der Waals surface area contributed by atoms with E-state index in [1.807, 2.05) is 0 Å². The third-order valence-electron chi connectivity index (χ3n) is 5.02. The minimum absolute atomic E-state index is 1.06. The monoisotopic (exact) mass is 328 g/mol. The number of pyridine rings is 1. The number of piperidine rings is 1. The van der Waals surface area contributed by atoms with E-state index in [0.717, 1.165) is 30.0 Å². The molecule has 2 nitrogen and oxygen atoms in total. The van der Waals surface area contributed by atoms with E-state index in [0.29, 0.717) is 0 Å². The quantitative estimate of drug-likeness (QED) is 0.593. The molecular weight excluding hydrogens is 304 g/mol. The lowest BCUT2D eigenvalue weighted by Gasteiger charge is -2.31. The summed E-state index contributed by atoms with van der Waals surface area (Å²) >= 11 is 0. The van der Waals surface area contributed by atoms with Gasteiger partial charge >= 0.3 is 0 Å². The lowest BCUT2D eigenvalue weighted by molar-refractivity contribution is 0.573. The topological polar surface area (TPSA) is 16.1 Å². The number of nitrogens with zero attached hydrogens (tertiary/aromatic N) is 2. The fourth-order valence-corrected chi connectivity index (χ4v) is 3.84. The summed E-state index contributed by atoms with van der Waals surface area (Å²) in [6.07, 6.45) is 3.80. The van der Waals surface area contributed by atoms with Gasteiger partial charge in [0.05, 0.1) is 5.52 Å². The number of aromatic nitrogens is 1. The van der Waals surface area contributed by atoms with E-state index in [1.165, 1.54) is 41.3 Å². The average molecular weight is 328 g/mol. The Morgan fingerprint density at radius 3 is 2.32 bits per heavy atom. The first kappa shape index (κ1) is 15.9. The summed E-state index contributed by atoms with van der Waals surface area (Å²) in [5.74, 6) is 1.10. The Kier molecular flexibility index (Phi) is 4.27. The second kappa shape index (κ2) is 6.72. The molecule has 0 radical (unpaired) electrons. The summed E-state index contributed by atoms with van der Waals surface area (Å²) in [5, 5.41) is 1.20. The lowest BCUT2D eigenvalue weighted by atomic mass is 9.92. The Labute approximate surface area is 149 Å². The fourth-order valence-electron chi connectivity index (χ4n) is 3.84. The van der Waals surface area contributed by atoms with E-state index in [1.54, 1.807) is 0 Å². The zero-order chi connectivity index (χ0) is 17.2. The zero-order valence-electron chi connectivity index (χ0n) is 14.8. The minimum atomic E-state index is 1.06. The maximum Gasteiger partial charge on any atom is 0.137 e. The fraction of sp³-hybridized carbons (Fsp3) is 0.261. The highest BCUT2D eigenvalue weighted by Gasteiger charge is 2.22. The van der Waals surface area contributed by atoms with E-state index >= 15 is 0 Å². The molecule has 2 heteroatoms. The van der Waals surface area contributed by atoms with Crippen LogP contribution in [0.3, 0.4) is 0 Å². The zero-order valence-corrected chi connectivity index (χ0v) is 14.8. The number of benzene rings is 2. The molecule has 2 heterocycles. The number of hydrogen-bond donors (Lipinski definition) is 0. The number of fused-ring (bicyclic) bond motifs is 1. The molecule has 2 aromatic carbocycles. The van der Waals surface area contributed by atoms with Gasteiger partial charge in [-0.15, -0.1) is 0 Å². The van der Waals surface area contributed by atoms with Crippen LogP contribution in [-0.2, 0) is 0 Å². The number of hydrogen-bond acceptors (Lipinski definition) is 2. The largest absolute Gasteiger partial charge is 0.356 e. The van der Waals surface area contributed by atoms with Gasteiger partial charge in [-0.05, 0) is 43.4 Å². The van der Waals surface area contributed by atoms with Crippen LogP contribution in [0.5, 0.6) is 0 Å². The molecule has 3 aromatic rings. The van der Waals surface area contributed by atoms with Gasteiger partial charge < -0.3 is 4.90 Å². The molecule has 0 amide bonds. The molecule has 0 aliphatic carbocycles. The summed E-state index contributed by atoms with van der Waals surface area (Å²) in [4.78, 5) is 7.52. The van der Waals surface area contributed by atoms with Gasteiger partial charge in [0.25, 0.3) is 0 Å². The van der Waals surface area contributed by atoms with Crippen molar-refractivity contribution in [1.29, 1.82) is 0 Å². The molecule has 126 valence electrons. The molecule has 1 saturated heterocycles. The van der Waals surface area contributed by atoms with Gasteiger partial charge in [0.1, 0.15) is 5.82 Å². The third kappa shape index (κ3) is 2.93. The minimum Gasteiger partial charge on any atom is -0.356 e. The second-order valence-electron chi connectivity index (χ2n) is 6.90. The van der Waals surface area contributed by atoms with Crippen LogP contribution in [0.2, 0.25) is 0 Å². The Balaban J connectivity index is 2.05. The van der Waals surface area contributed by atoms with Crippen molar-refractivity contribution in [2.24, 2.45) is 0 Å². The molecule has 0 atom stereocenters. The predicted octanol–water partition coefficient (Wildman–Crippen LogP) is 5.93. The van der Waals surface area contributed by atoms with E-state index in [9.17, 15) is 0 Å². The van der Waals surface area contributed by atoms with Crippen molar-refractivity contribution in [3.05, 3.63) is 66.7 Å². The molecular formula is C23H24N2. The van der Waals surface area contributed by atoms with Gasteiger partial charge in [-0.25, -0.2) is 4.98 Å². The highest BCUT2D eigenvalue weighted by molar-refractivity contribution is 6.03. The molecule has 1 fully saturated rings. The van der Waals surface area contributed by atoms with Gasteiger partial charge in [0.2, 0.25) is 0 Å². The Morgan fingerprint density at radius 2 is 1.60 bits per heavy atom. The van der Waals surface area contributed by atoms with Gasteiger partial charge in [-0.3, -0.25) is 0 Å². The smallest absolute Gasteiger partial charge is 0.137 e. The van der Waals surface area contributed by atoms with Crippen molar-refractivity contribution < 1.29 is 0 Å². The molecule has 0 unspecified atom stereocenters. The molecule has 0 saturated carbocycles. The second-order valence-corrected chi connectivity index (χ2v) is 6.90. The van der Waals surface area contributed by atoms with Crippen molar-refractivity contribution in [1.82, 2.24) is 4.98 Å². The molecule has 0 bridgehead atoms. The summed E-state index contributed by atoms with van der Waals surface area (Å²) < 4.78 is 0. The van der Waals surface area contributed by atoms with E-state index < -0.39 is 0 Å².